The van der Waals surface area contributed by atoms with Crippen LogP contribution in [0.3, 0.4) is 0 Å². The molecule has 8 heteroatoms. The number of hydrogen-bond donors (Lipinski definition) is 2. The molecule has 1 fully saturated rings. The summed E-state index contributed by atoms with van der Waals surface area (Å²) in [5.41, 5.74) is 0.816. The van der Waals surface area contributed by atoms with Crippen LogP contribution in [0.5, 0.6) is 0 Å². The molecule has 1 amide bonds. The van der Waals surface area contributed by atoms with E-state index in [1.165, 1.54) is 13.2 Å². The van der Waals surface area contributed by atoms with Gasteiger partial charge in [-0.2, -0.15) is 0 Å². The van der Waals surface area contributed by atoms with Gasteiger partial charge in [0.2, 0.25) is 5.91 Å². The zero-order valence-corrected chi connectivity index (χ0v) is 13.4. The van der Waals surface area contributed by atoms with E-state index in [2.05, 4.69) is 15.4 Å². The molecule has 0 spiro atoms. The number of carbonyl (C=O) groups is 2. The van der Waals surface area contributed by atoms with Crippen LogP contribution in [0.15, 0.2) is 12.1 Å². The predicted molar refractivity (Wildman–Crippen MR) is 84.3 cm³/mol. The smallest absolute Gasteiger partial charge is 0.309 e. The van der Waals surface area contributed by atoms with E-state index < -0.39 is 17.7 Å². The molecule has 1 aromatic carbocycles. The topological polar surface area (TPSA) is 76.7 Å². The van der Waals surface area contributed by atoms with Gasteiger partial charge in [-0.15, -0.1) is 11.6 Å². The highest BCUT2D eigenvalue weighted by Crippen LogP contribution is 2.28. The number of hydrogen-bond acceptors (Lipinski definition) is 5. The van der Waals surface area contributed by atoms with Crippen molar-refractivity contribution in [3.05, 3.63) is 23.5 Å². The monoisotopic (exact) mass is 344 g/mol. The number of nitrogens with one attached hydrogen (secondary N) is 2. The SMILES string of the molecule is COC(=O)Cc1cc(F)c(NC(=O)CCl)c(NC[C@@H]2CCO2)c1. The van der Waals surface area contributed by atoms with E-state index >= 15 is 0 Å². The number of amides is 1. The van der Waals surface area contributed by atoms with Crippen LogP contribution in [0.2, 0.25) is 0 Å². The van der Waals surface area contributed by atoms with Crippen LogP contribution < -0.4 is 10.6 Å². The molecule has 126 valence electrons. The Morgan fingerprint density at radius 3 is 2.78 bits per heavy atom. The molecule has 0 aliphatic carbocycles. The third-order valence-electron chi connectivity index (χ3n) is 3.43. The lowest BCUT2D eigenvalue weighted by molar-refractivity contribution is -0.139. The van der Waals surface area contributed by atoms with E-state index in [1.807, 2.05) is 0 Å². The number of halogens is 2. The van der Waals surface area contributed by atoms with Gasteiger partial charge in [0.25, 0.3) is 0 Å². The zero-order valence-electron chi connectivity index (χ0n) is 12.7. The number of benzene rings is 1. The molecular weight excluding hydrogens is 327 g/mol. The molecule has 1 saturated heterocycles. The van der Waals surface area contributed by atoms with Crippen molar-refractivity contribution in [1.29, 1.82) is 0 Å². The van der Waals surface area contributed by atoms with E-state index in [-0.39, 0.29) is 24.1 Å². The molecule has 0 bridgehead atoms. The summed E-state index contributed by atoms with van der Waals surface area (Å²) >= 11 is 5.45. The number of rotatable bonds is 7. The lowest BCUT2D eigenvalue weighted by Crippen LogP contribution is -2.33. The molecule has 1 atom stereocenters. The van der Waals surface area contributed by atoms with Crippen LogP contribution in [-0.2, 0) is 25.5 Å². The minimum absolute atomic E-state index is 0.00332. The van der Waals surface area contributed by atoms with Crippen molar-refractivity contribution in [2.75, 3.05) is 36.8 Å². The van der Waals surface area contributed by atoms with Crippen molar-refractivity contribution < 1.29 is 23.5 Å². The van der Waals surface area contributed by atoms with Gasteiger partial charge < -0.3 is 20.1 Å². The second-order valence-electron chi connectivity index (χ2n) is 5.10. The lowest BCUT2D eigenvalue weighted by Gasteiger charge is -2.27. The molecule has 1 aliphatic heterocycles. The van der Waals surface area contributed by atoms with Gasteiger partial charge in [-0.3, -0.25) is 9.59 Å². The van der Waals surface area contributed by atoms with Gasteiger partial charge in [0.1, 0.15) is 17.4 Å². The normalized spacial score (nSPS) is 16.4. The average molecular weight is 345 g/mol. The van der Waals surface area contributed by atoms with Crippen LogP contribution in [0.25, 0.3) is 0 Å². The molecular formula is C15H18ClFN2O4. The van der Waals surface area contributed by atoms with Gasteiger partial charge in [-0.05, 0) is 24.1 Å². The number of esters is 1. The highest BCUT2D eigenvalue weighted by Gasteiger charge is 2.20. The fourth-order valence-electron chi connectivity index (χ4n) is 2.11. The highest BCUT2D eigenvalue weighted by atomic mass is 35.5. The number of methoxy groups -OCH3 is 1. The van der Waals surface area contributed by atoms with E-state index in [0.717, 1.165) is 6.42 Å². The summed E-state index contributed by atoms with van der Waals surface area (Å²) in [6, 6.07) is 2.79. The first-order valence-electron chi connectivity index (χ1n) is 7.14. The first-order valence-corrected chi connectivity index (χ1v) is 7.67. The summed E-state index contributed by atoms with van der Waals surface area (Å²) in [5.74, 6) is -1.93. The van der Waals surface area contributed by atoms with Crippen LogP contribution in [-0.4, -0.2) is 44.1 Å². The maximum atomic E-state index is 14.3. The van der Waals surface area contributed by atoms with Gasteiger partial charge in [0, 0.05) is 13.2 Å². The second kappa shape index (κ2) is 8.12. The Morgan fingerprint density at radius 2 is 2.22 bits per heavy atom. The van der Waals surface area contributed by atoms with Crippen LogP contribution in [0.4, 0.5) is 15.8 Å². The van der Waals surface area contributed by atoms with Crippen molar-refractivity contribution in [3.63, 3.8) is 0 Å². The highest BCUT2D eigenvalue weighted by molar-refractivity contribution is 6.29. The van der Waals surface area contributed by atoms with Crippen molar-refractivity contribution in [1.82, 2.24) is 0 Å². The van der Waals surface area contributed by atoms with Crippen LogP contribution in [0.1, 0.15) is 12.0 Å². The first-order chi connectivity index (χ1) is 11.0. The predicted octanol–water partition coefficient (Wildman–Crippen LogP) is 1.92. The number of alkyl halides is 1. The molecule has 1 aromatic rings. The summed E-state index contributed by atoms with van der Waals surface area (Å²) in [5, 5.41) is 5.46. The summed E-state index contributed by atoms with van der Waals surface area (Å²) < 4.78 is 24.2. The summed E-state index contributed by atoms with van der Waals surface area (Å²) in [7, 11) is 1.26. The number of carbonyl (C=O) groups excluding carboxylic acids is 2. The molecule has 6 nitrogen and oxygen atoms in total. The zero-order chi connectivity index (χ0) is 16.8. The molecule has 23 heavy (non-hydrogen) atoms. The largest absolute Gasteiger partial charge is 0.469 e. The molecule has 2 rings (SSSR count). The van der Waals surface area contributed by atoms with E-state index in [1.54, 1.807) is 6.07 Å². The fourth-order valence-corrected chi connectivity index (χ4v) is 2.18. The third-order valence-corrected chi connectivity index (χ3v) is 3.67. The second-order valence-corrected chi connectivity index (χ2v) is 5.36. The number of anilines is 2. The maximum Gasteiger partial charge on any atom is 0.309 e. The third kappa shape index (κ3) is 4.80. The standard InChI is InChI=1S/C15H18ClFN2O4/c1-22-14(21)6-9-4-11(17)15(19-13(20)7-16)12(5-9)18-8-10-2-3-23-10/h4-5,10,18H,2-3,6-8H2,1H3,(H,19,20)/t10-/m0/s1. The van der Waals surface area contributed by atoms with E-state index in [9.17, 15) is 14.0 Å². The quantitative estimate of drug-likeness (QED) is 0.584. The molecule has 1 heterocycles. The van der Waals surface area contributed by atoms with Crippen molar-refractivity contribution >= 4 is 34.9 Å². The van der Waals surface area contributed by atoms with E-state index in [4.69, 9.17) is 16.3 Å². The molecule has 1 aliphatic rings. The Morgan fingerprint density at radius 1 is 1.48 bits per heavy atom. The summed E-state index contributed by atoms with van der Waals surface area (Å²) in [6.45, 7) is 1.18. The summed E-state index contributed by atoms with van der Waals surface area (Å²) in [6.07, 6.45) is 0.908. The van der Waals surface area contributed by atoms with Gasteiger partial charge in [0.15, 0.2) is 0 Å². The van der Waals surface area contributed by atoms with Gasteiger partial charge in [0.05, 0.1) is 25.3 Å². The Balaban J connectivity index is 2.22. The van der Waals surface area contributed by atoms with Crippen molar-refractivity contribution in [3.8, 4) is 0 Å². The number of ether oxygens (including phenoxy) is 2. The first kappa shape index (κ1) is 17.5. The minimum atomic E-state index is -0.651. The molecule has 0 aromatic heterocycles. The van der Waals surface area contributed by atoms with Crippen LogP contribution >= 0.6 is 11.6 Å². The lowest BCUT2D eigenvalue weighted by atomic mass is 10.1. The maximum absolute atomic E-state index is 14.3. The average Bonchev–Trinajstić information content (AvgIpc) is 2.48. The Kier molecular flexibility index (Phi) is 6.18. The Hall–Kier alpha value is -1.86. The molecule has 0 radical (unpaired) electrons. The Labute approximate surface area is 138 Å². The van der Waals surface area contributed by atoms with Crippen molar-refractivity contribution in [2.24, 2.45) is 0 Å². The van der Waals surface area contributed by atoms with Crippen molar-refractivity contribution in [2.45, 2.75) is 18.9 Å². The molecule has 0 unspecified atom stereocenters. The van der Waals surface area contributed by atoms with Gasteiger partial charge in [-0.25, -0.2) is 4.39 Å². The van der Waals surface area contributed by atoms with Gasteiger partial charge >= 0.3 is 5.97 Å². The molecule has 2 N–H and O–H groups in total. The minimum Gasteiger partial charge on any atom is -0.469 e. The fraction of sp³-hybridized carbons (Fsp3) is 0.467. The van der Waals surface area contributed by atoms with E-state index in [0.29, 0.717) is 24.4 Å². The van der Waals surface area contributed by atoms with Gasteiger partial charge in [-0.1, -0.05) is 0 Å². The Bertz CT molecular complexity index is 593. The van der Waals surface area contributed by atoms with Crippen LogP contribution in [0, 0.1) is 5.82 Å². The summed E-state index contributed by atoms with van der Waals surface area (Å²) in [4.78, 5) is 22.8. The molecule has 0 saturated carbocycles.